The first-order valence-electron chi connectivity index (χ1n) is 8.25. The fraction of sp³-hybridized carbons (Fsp3) is 0.294. The number of rotatable bonds is 4. The number of carbonyl (C=O) groups is 1. The topological polar surface area (TPSA) is 96.8 Å². The second-order valence-electron chi connectivity index (χ2n) is 6.36. The number of urea groups is 1. The predicted octanol–water partition coefficient (Wildman–Crippen LogP) is 4.25. The minimum atomic E-state index is -0.496. The third-order valence-corrected chi connectivity index (χ3v) is 4.32. The summed E-state index contributed by atoms with van der Waals surface area (Å²) in [6.45, 7) is 6.09. The van der Waals surface area contributed by atoms with E-state index in [2.05, 4.69) is 45.1 Å². The van der Waals surface area contributed by atoms with Crippen LogP contribution in [0.1, 0.15) is 31.0 Å². The Bertz CT molecular complexity index is 996. The van der Waals surface area contributed by atoms with E-state index in [9.17, 15) is 4.79 Å². The zero-order chi connectivity index (χ0) is 19.7. The van der Waals surface area contributed by atoms with Gasteiger partial charge < -0.3 is 5.32 Å². The summed E-state index contributed by atoms with van der Waals surface area (Å²) in [5, 5.41) is 7.43. The molecule has 0 saturated carbocycles. The predicted molar refractivity (Wildman–Crippen MR) is 107 cm³/mol. The molecule has 0 saturated heterocycles. The summed E-state index contributed by atoms with van der Waals surface area (Å²) in [5.41, 5.74) is 9.48. The monoisotopic (exact) mass is 407 g/mol. The summed E-state index contributed by atoms with van der Waals surface area (Å²) in [6, 6.07) is 4.39. The van der Waals surface area contributed by atoms with Crippen molar-refractivity contribution in [3.05, 3.63) is 39.8 Å². The number of halogens is 2. The number of nitrogens with zero attached hydrogens (tertiary/aromatic N) is 4. The van der Waals surface area contributed by atoms with Crippen LogP contribution in [0.15, 0.2) is 18.2 Å². The van der Waals surface area contributed by atoms with Crippen LogP contribution in [0.2, 0.25) is 10.3 Å². The molecule has 0 aliphatic rings. The number of nitrogens with one attached hydrogen (secondary N) is 3. The molecule has 0 aliphatic heterocycles. The van der Waals surface area contributed by atoms with Gasteiger partial charge in [-0.3, -0.25) is 15.5 Å². The third kappa shape index (κ3) is 4.23. The van der Waals surface area contributed by atoms with Gasteiger partial charge in [0.1, 0.15) is 21.6 Å². The van der Waals surface area contributed by atoms with Crippen molar-refractivity contribution in [3.63, 3.8) is 0 Å². The Kier molecular flexibility index (Phi) is 5.38. The highest BCUT2D eigenvalue weighted by Gasteiger charge is 2.16. The molecule has 10 heteroatoms. The first kappa shape index (κ1) is 19.2. The van der Waals surface area contributed by atoms with Crippen LogP contribution in [0, 0.1) is 6.92 Å². The molecule has 0 fully saturated rings. The standard InChI is InChI=1S/C17H19Cl2N7O/c1-8(2)11-7-14(22-15-9(3)25-26(4)16(11)15)23-24-17(27)20-10-5-12(18)21-13(19)6-10/h5-8H,1-4H3,(H,22,23)(H2,20,21,24,27). The number of aromatic nitrogens is 4. The summed E-state index contributed by atoms with van der Waals surface area (Å²) in [4.78, 5) is 20.5. The van der Waals surface area contributed by atoms with Crippen molar-refractivity contribution in [1.29, 1.82) is 0 Å². The summed E-state index contributed by atoms with van der Waals surface area (Å²) in [7, 11) is 1.90. The summed E-state index contributed by atoms with van der Waals surface area (Å²) >= 11 is 11.7. The lowest BCUT2D eigenvalue weighted by Crippen LogP contribution is -2.34. The number of aryl methyl sites for hydroxylation is 2. The molecule has 27 heavy (non-hydrogen) atoms. The van der Waals surface area contributed by atoms with E-state index >= 15 is 0 Å². The smallest absolute Gasteiger partial charge is 0.306 e. The van der Waals surface area contributed by atoms with Crippen LogP contribution in [0.3, 0.4) is 0 Å². The highest BCUT2D eigenvalue weighted by atomic mass is 35.5. The number of hydrogen-bond acceptors (Lipinski definition) is 5. The summed E-state index contributed by atoms with van der Waals surface area (Å²) < 4.78 is 1.83. The number of hydrazine groups is 1. The normalized spacial score (nSPS) is 11.1. The molecule has 0 atom stereocenters. The van der Waals surface area contributed by atoms with Crippen LogP contribution in [-0.4, -0.2) is 25.8 Å². The Balaban J connectivity index is 1.78. The van der Waals surface area contributed by atoms with E-state index < -0.39 is 6.03 Å². The Morgan fingerprint density at radius 2 is 1.81 bits per heavy atom. The lowest BCUT2D eigenvalue weighted by Gasteiger charge is -2.13. The van der Waals surface area contributed by atoms with Gasteiger partial charge in [-0.05, 0) is 36.6 Å². The molecule has 3 rings (SSSR count). The SMILES string of the molecule is Cc1nn(C)c2c(C(C)C)cc(NNC(=O)Nc3cc(Cl)nc(Cl)c3)nc12. The van der Waals surface area contributed by atoms with Crippen molar-refractivity contribution in [1.82, 2.24) is 25.2 Å². The molecule has 0 unspecified atom stereocenters. The van der Waals surface area contributed by atoms with Gasteiger partial charge in [-0.1, -0.05) is 37.0 Å². The largest absolute Gasteiger partial charge is 0.337 e. The van der Waals surface area contributed by atoms with Gasteiger partial charge in [0.05, 0.1) is 11.2 Å². The molecule has 0 spiro atoms. The van der Waals surface area contributed by atoms with E-state index in [4.69, 9.17) is 23.2 Å². The molecule has 3 aromatic rings. The second-order valence-corrected chi connectivity index (χ2v) is 7.14. The Morgan fingerprint density at radius 3 is 2.44 bits per heavy atom. The summed E-state index contributed by atoms with van der Waals surface area (Å²) in [6.07, 6.45) is 0. The molecule has 3 aromatic heterocycles. The van der Waals surface area contributed by atoms with Crippen LogP contribution in [0.25, 0.3) is 11.0 Å². The van der Waals surface area contributed by atoms with Gasteiger partial charge in [-0.15, -0.1) is 0 Å². The Morgan fingerprint density at radius 1 is 1.15 bits per heavy atom. The molecule has 3 heterocycles. The van der Waals surface area contributed by atoms with E-state index in [1.54, 1.807) is 0 Å². The highest BCUT2D eigenvalue weighted by molar-refractivity contribution is 6.32. The second kappa shape index (κ2) is 7.58. The average molecular weight is 408 g/mol. The fourth-order valence-electron chi connectivity index (χ4n) is 2.80. The number of fused-ring (bicyclic) bond motifs is 1. The average Bonchev–Trinajstić information content (AvgIpc) is 2.85. The zero-order valence-corrected chi connectivity index (χ0v) is 16.8. The molecular weight excluding hydrogens is 389 g/mol. The third-order valence-electron chi connectivity index (χ3n) is 3.94. The van der Waals surface area contributed by atoms with Crippen LogP contribution < -0.4 is 16.2 Å². The number of amides is 2. The number of hydrogen-bond donors (Lipinski definition) is 3. The van der Waals surface area contributed by atoms with Gasteiger partial charge in [0.2, 0.25) is 0 Å². The van der Waals surface area contributed by atoms with Crippen molar-refractivity contribution in [2.75, 3.05) is 10.7 Å². The quantitative estimate of drug-likeness (QED) is 0.443. The molecule has 8 nitrogen and oxygen atoms in total. The van der Waals surface area contributed by atoms with Crippen LogP contribution in [0.4, 0.5) is 16.3 Å². The first-order chi connectivity index (χ1) is 12.7. The fourth-order valence-corrected chi connectivity index (χ4v) is 3.26. The Labute approximate surface area is 166 Å². The highest BCUT2D eigenvalue weighted by Crippen LogP contribution is 2.28. The van der Waals surface area contributed by atoms with Crippen LogP contribution in [0.5, 0.6) is 0 Å². The van der Waals surface area contributed by atoms with E-state index in [0.717, 1.165) is 22.3 Å². The number of anilines is 2. The molecule has 3 N–H and O–H groups in total. The van der Waals surface area contributed by atoms with Crippen LogP contribution in [-0.2, 0) is 7.05 Å². The van der Waals surface area contributed by atoms with Gasteiger partial charge in [0, 0.05) is 12.7 Å². The van der Waals surface area contributed by atoms with Gasteiger partial charge in [0.15, 0.2) is 0 Å². The minimum absolute atomic E-state index is 0.187. The van der Waals surface area contributed by atoms with Crippen molar-refractivity contribution >= 4 is 51.8 Å². The van der Waals surface area contributed by atoms with Gasteiger partial charge in [0.25, 0.3) is 0 Å². The molecule has 0 radical (unpaired) electrons. The molecule has 0 aliphatic carbocycles. The first-order valence-corrected chi connectivity index (χ1v) is 9.00. The van der Waals surface area contributed by atoms with Crippen molar-refractivity contribution in [2.24, 2.45) is 7.05 Å². The maximum Gasteiger partial charge on any atom is 0.337 e. The van der Waals surface area contributed by atoms with E-state index in [0.29, 0.717) is 11.5 Å². The lowest BCUT2D eigenvalue weighted by molar-refractivity contribution is 0.254. The number of carbonyl (C=O) groups excluding carboxylic acids is 1. The van der Waals surface area contributed by atoms with E-state index in [1.807, 2.05) is 24.7 Å². The van der Waals surface area contributed by atoms with Gasteiger partial charge in [-0.2, -0.15) is 5.10 Å². The van der Waals surface area contributed by atoms with Crippen molar-refractivity contribution < 1.29 is 4.79 Å². The maximum absolute atomic E-state index is 12.1. The molecule has 2 amide bonds. The minimum Gasteiger partial charge on any atom is -0.306 e. The van der Waals surface area contributed by atoms with Gasteiger partial charge in [-0.25, -0.2) is 14.8 Å². The molecule has 142 valence electrons. The lowest BCUT2D eigenvalue weighted by atomic mass is 10.0. The van der Waals surface area contributed by atoms with E-state index in [1.165, 1.54) is 12.1 Å². The van der Waals surface area contributed by atoms with Crippen molar-refractivity contribution in [2.45, 2.75) is 26.7 Å². The van der Waals surface area contributed by atoms with Crippen LogP contribution >= 0.6 is 23.2 Å². The molecule has 0 aromatic carbocycles. The summed E-state index contributed by atoms with van der Waals surface area (Å²) in [5.74, 6) is 0.782. The molecular formula is C17H19Cl2N7O. The van der Waals surface area contributed by atoms with Gasteiger partial charge >= 0.3 is 6.03 Å². The Hall–Kier alpha value is -2.58. The van der Waals surface area contributed by atoms with E-state index in [-0.39, 0.29) is 16.2 Å². The zero-order valence-electron chi connectivity index (χ0n) is 15.3. The molecule has 0 bridgehead atoms. The number of pyridine rings is 2. The van der Waals surface area contributed by atoms with Crippen molar-refractivity contribution in [3.8, 4) is 0 Å². The maximum atomic E-state index is 12.1.